The first-order chi connectivity index (χ1) is 14.0. The maximum atomic E-state index is 13.0. The summed E-state index contributed by atoms with van der Waals surface area (Å²) in [6.45, 7) is 5.80. The van der Waals surface area contributed by atoms with Gasteiger partial charge in [0.25, 0.3) is 5.56 Å². The van der Waals surface area contributed by atoms with Crippen LogP contribution in [0.25, 0.3) is 26.1 Å². The summed E-state index contributed by atoms with van der Waals surface area (Å²) in [5.74, 6) is 0. The summed E-state index contributed by atoms with van der Waals surface area (Å²) < 4.78 is 19.6. The van der Waals surface area contributed by atoms with E-state index < -0.39 is 0 Å². The van der Waals surface area contributed by atoms with Crippen LogP contribution in [-0.2, 0) is 4.74 Å². The summed E-state index contributed by atoms with van der Waals surface area (Å²) in [5.41, 5.74) is 2.15. The number of fused-ring (bicyclic) bond motifs is 3. The first-order valence-corrected chi connectivity index (χ1v) is 10.2. The van der Waals surface area contributed by atoms with E-state index >= 15 is 0 Å². The molecule has 1 unspecified atom stereocenters. The zero-order chi connectivity index (χ0) is 21.6. The summed E-state index contributed by atoms with van der Waals surface area (Å²) in [6, 6.07) is 1.91. The van der Waals surface area contributed by atoms with Gasteiger partial charge in [-0.15, -0.1) is 11.3 Å². The van der Waals surface area contributed by atoms with E-state index in [-0.39, 0.29) is 11.7 Å². The van der Waals surface area contributed by atoms with Crippen LogP contribution in [0, 0.1) is 0 Å². The van der Waals surface area contributed by atoms with Crippen LogP contribution in [0.3, 0.4) is 0 Å². The third-order valence-corrected chi connectivity index (χ3v) is 5.38. The van der Waals surface area contributed by atoms with E-state index in [1.165, 1.54) is 28.3 Å². The minimum absolute atomic E-state index is 0.155. The molecule has 3 aromatic rings. The smallest absolute Gasteiger partial charge is 0.275 e. The molecule has 3 rings (SSSR count). The van der Waals surface area contributed by atoms with Gasteiger partial charge in [0.15, 0.2) is 0 Å². The predicted molar refractivity (Wildman–Crippen MR) is 120 cm³/mol. The highest BCUT2D eigenvalue weighted by atomic mass is 32.1. The highest BCUT2D eigenvalue weighted by Crippen LogP contribution is 2.35. The Bertz CT molecular complexity index is 1090. The van der Waals surface area contributed by atoms with Crippen LogP contribution in [0.4, 0.5) is 10.1 Å². The lowest BCUT2D eigenvalue weighted by Gasteiger charge is -2.13. The minimum atomic E-state index is -0.330. The fraction of sp³-hybridized carbons (Fsp3) is 0.381. The van der Waals surface area contributed by atoms with Gasteiger partial charge < -0.3 is 9.64 Å². The molecule has 0 aliphatic rings. The molecule has 0 saturated carbocycles. The Kier molecular flexibility index (Phi) is 8.04. The van der Waals surface area contributed by atoms with Crippen molar-refractivity contribution in [3.63, 3.8) is 0 Å². The fourth-order valence-corrected chi connectivity index (χ4v) is 3.98. The minimum Gasteiger partial charge on any atom is -0.377 e. The SMILES string of the molecule is CC.COC(/C=C(\C)n1cnc2c(sc3nccc(N(C)C)c32)c1=O)C/C=C/F. The third-order valence-electron chi connectivity index (χ3n) is 4.31. The maximum absolute atomic E-state index is 13.0. The van der Waals surface area contributed by atoms with Crippen LogP contribution >= 0.6 is 11.3 Å². The van der Waals surface area contributed by atoms with Crippen molar-refractivity contribution >= 4 is 43.2 Å². The zero-order valence-corrected chi connectivity index (χ0v) is 18.5. The summed E-state index contributed by atoms with van der Waals surface area (Å²) in [6.07, 6.45) is 6.96. The summed E-state index contributed by atoms with van der Waals surface area (Å²) in [7, 11) is 5.44. The van der Waals surface area contributed by atoms with Crippen molar-refractivity contribution < 1.29 is 9.13 Å². The number of hydrogen-bond acceptors (Lipinski definition) is 6. The van der Waals surface area contributed by atoms with E-state index in [0.29, 0.717) is 28.7 Å². The Balaban J connectivity index is 0.00000145. The monoisotopic (exact) mass is 418 g/mol. The van der Waals surface area contributed by atoms with Gasteiger partial charge in [0.1, 0.15) is 15.9 Å². The van der Waals surface area contributed by atoms with Gasteiger partial charge in [-0.25, -0.2) is 14.4 Å². The van der Waals surface area contributed by atoms with Crippen molar-refractivity contribution in [3.05, 3.63) is 47.4 Å². The summed E-state index contributed by atoms with van der Waals surface area (Å²) in [5, 5.41) is 0.885. The number of thiophene rings is 1. The highest BCUT2D eigenvalue weighted by molar-refractivity contribution is 7.25. The van der Waals surface area contributed by atoms with Crippen molar-refractivity contribution in [1.82, 2.24) is 14.5 Å². The highest BCUT2D eigenvalue weighted by Gasteiger charge is 2.17. The molecule has 29 heavy (non-hydrogen) atoms. The third kappa shape index (κ3) is 4.71. The largest absolute Gasteiger partial charge is 0.377 e. The van der Waals surface area contributed by atoms with Crippen LogP contribution in [0.15, 0.2) is 41.9 Å². The average Bonchev–Trinajstić information content (AvgIpc) is 3.12. The van der Waals surface area contributed by atoms with Crippen molar-refractivity contribution in [2.45, 2.75) is 33.3 Å². The number of methoxy groups -OCH3 is 1. The number of nitrogens with zero attached hydrogens (tertiary/aromatic N) is 4. The van der Waals surface area contributed by atoms with E-state index in [1.54, 1.807) is 26.3 Å². The molecule has 0 radical (unpaired) electrons. The normalized spacial score (nSPS) is 13.0. The van der Waals surface area contributed by atoms with Crippen molar-refractivity contribution in [3.8, 4) is 0 Å². The molecule has 0 aliphatic carbocycles. The first kappa shape index (κ1) is 22.7. The number of pyridine rings is 1. The fourth-order valence-electron chi connectivity index (χ4n) is 2.93. The molecule has 0 aromatic carbocycles. The van der Waals surface area contributed by atoms with Gasteiger partial charge in [0.05, 0.1) is 29.0 Å². The van der Waals surface area contributed by atoms with E-state index in [9.17, 15) is 9.18 Å². The van der Waals surface area contributed by atoms with Gasteiger partial charge in [-0.1, -0.05) is 19.9 Å². The Labute approximate surface area is 174 Å². The molecular weight excluding hydrogens is 391 g/mol. The molecule has 0 spiro atoms. The molecule has 6 nitrogen and oxygen atoms in total. The van der Waals surface area contributed by atoms with Crippen LogP contribution in [-0.4, -0.2) is 41.8 Å². The van der Waals surface area contributed by atoms with Gasteiger partial charge in [-0.2, -0.15) is 0 Å². The Morgan fingerprint density at radius 2 is 2.10 bits per heavy atom. The molecule has 156 valence electrons. The maximum Gasteiger partial charge on any atom is 0.275 e. The van der Waals surface area contributed by atoms with Gasteiger partial charge in [-0.05, 0) is 25.5 Å². The lowest BCUT2D eigenvalue weighted by molar-refractivity contribution is 0.143. The lowest BCUT2D eigenvalue weighted by atomic mass is 10.2. The molecule has 3 heterocycles. The number of anilines is 1. The quantitative estimate of drug-likeness (QED) is 0.573. The molecule has 0 fully saturated rings. The molecule has 8 heteroatoms. The van der Waals surface area contributed by atoms with Crippen molar-refractivity contribution in [1.29, 1.82) is 0 Å². The number of aromatic nitrogens is 3. The molecule has 3 aromatic heterocycles. The van der Waals surface area contributed by atoms with E-state index in [1.807, 2.05) is 38.9 Å². The molecule has 0 N–H and O–H groups in total. The van der Waals surface area contributed by atoms with Crippen LogP contribution in [0.5, 0.6) is 0 Å². The number of ether oxygens (including phenoxy) is 1. The van der Waals surface area contributed by atoms with E-state index in [0.717, 1.165) is 15.9 Å². The first-order valence-electron chi connectivity index (χ1n) is 9.41. The standard InChI is InChI=1S/C19H21FN4O2S.C2H6/c1-12(10-13(26-4)6-5-8-20)24-11-22-16-15-14(23(2)3)7-9-21-18(15)27-17(16)19(24)25;1-2/h5,7-11,13H,6H2,1-4H3;1-2H3/b8-5+,12-10+;. The Morgan fingerprint density at radius 1 is 1.38 bits per heavy atom. The molecule has 0 bridgehead atoms. The Hall–Kier alpha value is -2.58. The van der Waals surface area contributed by atoms with Crippen molar-refractivity contribution in [2.24, 2.45) is 0 Å². The number of allylic oxidation sites excluding steroid dienone is 1. The Morgan fingerprint density at radius 3 is 2.72 bits per heavy atom. The van der Waals surface area contributed by atoms with Crippen molar-refractivity contribution in [2.75, 3.05) is 26.1 Å². The topological polar surface area (TPSA) is 60.2 Å². The second kappa shape index (κ2) is 10.3. The van der Waals surface area contributed by atoms with Crippen LogP contribution in [0.2, 0.25) is 0 Å². The summed E-state index contributed by atoms with van der Waals surface area (Å²) >= 11 is 1.34. The van der Waals surface area contributed by atoms with E-state index in [4.69, 9.17) is 4.74 Å². The summed E-state index contributed by atoms with van der Waals surface area (Å²) in [4.78, 5) is 24.7. The molecule has 1 atom stereocenters. The lowest BCUT2D eigenvalue weighted by Crippen LogP contribution is -2.19. The van der Waals surface area contributed by atoms with E-state index in [2.05, 4.69) is 9.97 Å². The molecule has 0 amide bonds. The zero-order valence-electron chi connectivity index (χ0n) is 17.6. The van der Waals surface area contributed by atoms with Gasteiger partial charge in [0, 0.05) is 33.1 Å². The second-order valence-corrected chi connectivity index (χ2v) is 7.28. The number of hydrogen-bond donors (Lipinski definition) is 0. The number of rotatable bonds is 6. The second-order valence-electron chi connectivity index (χ2n) is 6.28. The number of halogens is 1. The predicted octanol–water partition coefficient (Wildman–Crippen LogP) is 4.85. The van der Waals surface area contributed by atoms with Gasteiger partial charge in [-0.3, -0.25) is 9.36 Å². The van der Waals surface area contributed by atoms with Gasteiger partial charge in [0.2, 0.25) is 0 Å². The van der Waals surface area contributed by atoms with Gasteiger partial charge >= 0.3 is 0 Å². The molecular formula is C21H27FN4O2S. The molecule has 0 aliphatic heterocycles. The molecule has 0 saturated heterocycles. The average molecular weight is 419 g/mol. The van der Waals surface area contributed by atoms with Crippen LogP contribution < -0.4 is 10.5 Å². The van der Waals surface area contributed by atoms with Crippen LogP contribution in [0.1, 0.15) is 27.2 Å².